The molecule has 0 amide bonds. The molecule has 4 aromatic rings. The van der Waals surface area contributed by atoms with E-state index in [-0.39, 0.29) is 5.41 Å². The van der Waals surface area contributed by atoms with Crippen molar-refractivity contribution in [1.82, 2.24) is 0 Å². The lowest BCUT2D eigenvalue weighted by atomic mass is 9.82. The Balaban J connectivity index is 2.30. The van der Waals surface area contributed by atoms with Crippen LogP contribution in [0.15, 0.2) is 48.5 Å². The van der Waals surface area contributed by atoms with Gasteiger partial charge in [-0.3, -0.25) is 0 Å². The van der Waals surface area contributed by atoms with Crippen molar-refractivity contribution in [2.45, 2.75) is 26.2 Å². The highest BCUT2D eigenvalue weighted by atomic mass is 16.5. The third-order valence-corrected chi connectivity index (χ3v) is 4.61. The summed E-state index contributed by atoms with van der Waals surface area (Å²) in [6.07, 6.45) is 0. The topological polar surface area (TPSA) is 9.23 Å². The molecule has 0 aliphatic rings. The van der Waals surface area contributed by atoms with E-state index in [9.17, 15) is 0 Å². The zero-order valence-corrected chi connectivity index (χ0v) is 13.5. The third kappa shape index (κ3) is 1.72. The summed E-state index contributed by atoms with van der Waals surface area (Å²) in [5, 5.41) is 7.76. The van der Waals surface area contributed by atoms with Gasteiger partial charge in [0.15, 0.2) is 0 Å². The molecule has 0 atom stereocenters. The van der Waals surface area contributed by atoms with Crippen LogP contribution in [-0.4, -0.2) is 7.11 Å². The number of ether oxygens (including phenoxy) is 1. The first kappa shape index (κ1) is 13.4. The van der Waals surface area contributed by atoms with Gasteiger partial charge in [-0.1, -0.05) is 57.2 Å². The fourth-order valence-electron chi connectivity index (χ4n) is 3.56. The molecule has 1 nitrogen and oxygen atoms in total. The van der Waals surface area contributed by atoms with Crippen molar-refractivity contribution in [1.29, 1.82) is 0 Å². The molecule has 0 N–H and O–H groups in total. The van der Waals surface area contributed by atoms with Crippen LogP contribution in [0.5, 0.6) is 5.75 Å². The van der Waals surface area contributed by atoms with E-state index in [2.05, 4.69) is 69.3 Å². The summed E-state index contributed by atoms with van der Waals surface area (Å²) >= 11 is 0. The first-order valence-electron chi connectivity index (χ1n) is 7.76. The zero-order valence-electron chi connectivity index (χ0n) is 13.5. The molecule has 0 aromatic heterocycles. The summed E-state index contributed by atoms with van der Waals surface area (Å²) in [6.45, 7) is 6.72. The van der Waals surface area contributed by atoms with Crippen LogP contribution in [0, 0.1) is 0 Å². The van der Waals surface area contributed by atoms with Gasteiger partial charge in [-0.2, -0.15) is 0 Å². The predicted molar refractivity (Wildman–Crippen MR) is 95.4 cm³/mol. The van der Waals surface area contributed by atoms with E-state index in [1.807, 2.05) is 0 Å². The molecule has 22 heavy (non-hydrogen) atoms. The van der Waals surface area contributed by atoms with Crippen LogP contribution in [0.1, 0.15) is 26.3 Å². The van der Waals surface area contributed by atoms with Crippen LogP contribution in [0.2, 0.25) is 0 Å². The second-order valence-electron chi connectivity index (χ2n) is 7.06. The Kier molecular flexibility index (Phi) is 2.65. The van der Waals surface area contributed by atoms with Crippen molar-refractivity contribution in [2.75, 3.05) is 7.11 Å². The van der Waals surface area contributed by atoms with Crippen LogP contribution in [0.4, 0.5) is 0 Å². The molecule has 0 spiro atoms. The van der Waals surface area contributed by atoms with E-state index in [1.54, 1.807) is 7.11 Å². The molecular weight excluding hydrogens is 268 g/mol. The predicted octanol–water partition coefficient (Wildman–Crippen LogP) is 5.89. The minimum atomic E-state index is 0.0514. The monoisotopic (exact) mass is 288 g/mol. The Morgan fingerprint density at radius 2 is 1.41 bits per heavy atom. The summed E-state index contributed by atoms with van der Waals surface area (Å²) in [4.78, 5) is 0. The van der Waals surface area contributed by atoms with E-state index in [0.717, 1.165) is 5.75 Å². The lowest BCUT2D eigenvalue weighted by Crippen LogP contribution is -2.13. The summed E-state index contributed by atoms with van der Waals surface area (Å²) in [5.41, 5.74) is 1.32. The molecule has 4 rings (SSSR count). The first-order valence-corrected chi connectivity index (χ1v) is 7.76. The fourth-order valence-corrected chi connectivity index (χ4v) is 3.56. The standard InChI is InChI=1S/C21H20O/c1-21(2,3)17-12-15-9-8-13-6-5-7-14-10-11-16(20(17)22-4)19(15)18(13)14/h5-12H,1-4H3. The van der Waals surface area contributed by atoms with E-state index in [1.165, 1.54) is 37.9 Å². The number of methoxy groups -OCH3 is 1. The molecule has 0 unspecified atom stereocenters. The van der Waals surface area contributed by atoms with Crippen LogP contribution < -0.4 is 4.74 Å². The van der Waals surface area contributed by atoms with Crippen molar-refractivity contribution >= 4 is 32.3 Å². The van der Waals surface area contributed by atoms with Crippen LogP contribution >= 0.6 is 0 Å². The molecule has 110 valence electrons. The number of benzene rings is 4. The average molecular weight is 288 g/mol. The molecule has 4 aromatic carbocycles. The molecule has 0 fully saturated rings. The van der Waals surface area contributed by atoms with Gasteiger partial charge in [0.05, 0.1) is 7.11 Å². The van der Waals surface area contributed by atoms with Crippen molar-refractivity contribution in [3.8, 4) is 5.75 Å². The van der Waals surface area contributed by atoms with Crippen LogP contribution in [0.25, 0.3) is 32.3 Å². The van der Waals surface area contributed by atoms with E-state index in [0.29, 0.717) is 0 Å². The summed E-state index contributed by atoms with van der Waals surface area (Å²) in [5.74, 6) is 1.01. The highest BCUT2D eigenvalue weighted by Gasteiger charge is 2.23. The minimum absolute atomic E-state index is 0.0514. The number of rotatable bonds is 1. The molecule has 0 saturated heterocycles. The Bertz CT molecular complexity index is 974. The molecule has 0 heterocycles. The maximum absolute atomic E-state index is 5.83. The maximum atomic E-state index is 5.83. The fraction of sp³-hybridized carbons (Fsp3) is 0.238. The summed E-state index contributed by atoms with van der Waals surface area (Å²) in [7, 11) is 1.78. The Labute approximate surface area is 130 Å². The molecule has 0 aliphatic heterocycles. The van der Waals surface area contributed by atoms with Gasteiger partial charge in [0.25, 0.3) is 0 Å². The molecular formula is C21H20O. The van der Waals surface area contributed by atoms with Crippen molar-refractivity contribution < 1.29 is 4.74 Å². The maximum Gasteiger partial charge on any atom is 0.130 e. The number of hydrogen-bond donors (Lipinski definition) is 0. The quantitative estimate of drug-likeness (QED) is 0.397. The molecule has 0 radical (unpaired) electrons. The lowest BCUT2D eigenvalue weighted by Gasteiger charge is -2.25. The van der Waals surface area contributed by atoms with Gasteiger partial charge in [-0.05, 0) is 39.1 Å². The minimum Gasteiger partial charge on any atom is -0.496 e. The first-order chi connectivity index (χ1) is 10.5. The molecule has 1 heteroatoms. The highest BCUT2D eigenvalue weighted by molar-refractivity contribution is 6.24. The van der Waals surface area contributed by atoms with Crippen LogP contribution in [-0.2, 0) is 5.41 Å². The smallest absolute Gasteiger partial charge is 0.130 e. The molecule has 0 aliphatic carbocycles. The lowest BCUT2D eigenvalue weighted by molar-refractivity contribution is 0.403. The molecule has 0 bridgehead atoms. The van der Waals surface area contributed by atoms with E-state index >= 15 is 0 Å². The summed E-state index contributed by atoms with van der Waals surface area (Å²) < 4.78 is 5.83. The van der Waals surface area contributed by atoms with Gasteiger partial charge in [-0.15, -0.1) is 0 Å². The molecule has 0 saturated carbocycles. The SMILES string of the molecule is COc1c(C(C)(C)C)cc2ccc3cccc4ccc1c2c34. The average Bonchev–Trinajstić information content (AvgIpc) is 2.51. The van der Waals surface area contributed by atoms with E-state index < -0.39 is 0 Å². The van der Waals surface area contributed by atoms with Gasteiger partial charge in [0, 0.05) is 16.3 Å². The third-order valence-electron chi connectivity index (χ3n) is 4.61. The van der Waals surface area contributed by atoms with Gasteiger partial charge in [-0.25, -0.2) is 0 Å². The second-order valence-corrected chi connectivity index (χ2v) is 7.06. The normalized spacial score (nSPS) is 12.5. The van der Waals surface area contributed by atoms with Crippen LogP contribution in [0.3, 0.4) is 0 Å². The summed E-state index contributed by atoms with van der Waals surface area (Å²) in [6, 6.07) is 17.7. The highest BCUT2D eigenvalue weighted by Crippen LogP contribution is 2.43. The van der Waals surface area contributed by atoms with Crippen molar-refractivity contribution in [2.24, 2.45) is 0 Å². The van der Waals surface area contributed by atoms with Gasteiger partial charge >= 0.3 is 0 Å². The Morgan fingerprint density at radius 1 is 0.773 bits per heavy atom. The zero-order chi connectivity index (χ0) is 15.5. The Hall–Kier alpha value is -2.28. The largest absolute Gasteiger partial charge is 0.496 e. The second kappa shape index (κ2) is 4.36. The van der Waals surface area contributed by atoms with Crippen molar-refractivity contribution in [3.63, 3.8) is 0 Å². The van der Waals surface area contributed by atoms with E-state index in [4.69, 9.17) is 4.74 Å². The van der Waals surface area contributed by atoms with Gasteiger partial charge in [0.1, 0.15) is 5.75 Å². The van der Waals surface area contributed by atoms with Gasteiger partial charge in [0.2, 0.25) is 0 Å². The number of hydrogen-bond acceptors (Lipinski definition) is 1. The van der Waals surface area contributed by atoms with Crippen molar-refractivity contribution in [3.05, 3.63) is 54.1 Å². The van der Waals surface area contributed by atoms with Gasteiger partial charge < -0.3 is 4.74 Å². The Morgan fingerprint density at radius 3 is 2.05 bits per heavy atom.